The molecule has 11 heteroatoms. The van der Waals surface area contributed by atoms with Crippen molar-refractivity contribution in [3.63, 3.8) is 0 Å². The molecule has 0 spiro atoms. The summed E-state index contributed by atoms with van der Waals surface area (Å²) >= 11 is 6.32. The minimum atomic E-state index is -2.30. The predicted molar refractivity (Wildman–Crippen MR) is 52.8 cm³/mol. The maximum atomic E-state index is 13.0. The first-order valence-corrected chi connectivity index (χ1v) is 4.45. The van der Waals surface area contributed by atoms with Gasteiger partial charge in [-0.1, -0.05) is 0 Å². The van der Waals surface area contributed by atoms with E-state index in [2.05, 4.69) is 38.7 Å². The fraction of sp³-hybridized carbons (Fsp3) is 0. The minimum Gasteiger partial charge on any atom is -0.506 e. The van der Waals surface area contributed by atoms with Gasteiger partial charge in [0.2, 0.25) is 29.1 Å². The fourth-order valence-electron chi connectivity index (χ4n) is 0.847. The van der Waals surface area contributed by atoms with Crippen LogP contribution in [0.25, 0.3) is 0 Å². The third-order valence-corrected chi connectivity index (χ3v) is 1.90. The average molecular weight is 292 g/mol. The van der Waals surface area contributed by atoms with E-state index in [-0.39, 0.29) is 0 Å². The summed E-state index contributed by atoms with van der Waals surface area (Å²) in [6.45, 7) is 0. The molecule has 0 amide bonds. The van der Waals surface area contributed by atoms with Gasteiger partial charge in [0.15, 0.2) is 5.75 Å². The number of hydrogen-bond acceptors (Lipinski definition) is 5. The Morgan fingerprint density at radius 2 is 1.06 bits per heavy atom. The predicted octanol–water partition coefficient (Wildman–Crippen LogP) is 2.47. The molecule has 1 aromatic carbocycles. The van der Waals surface area contributed by atoms with Crippen molar-refractivity contribution in [3.8, 4) is 5.75 Å². The monoisotopic (exact) mass is 292 g/mol. The molecule has 3 nitrogen and oxygen atoms in total. The standard InChI is InChI=1S/C6H2BF5O3S2/c8-1-2(9)4(11)6(5(12)3(1)10)13-7(14-16)15-17/h16-17H. The minimum absolute atomic E-state index is 1.56. The lowest BCUT2D eigenvalue weighted by molar-refractivity contribution is 0.304. The summed E-state index contributed by atoms with van der Waals surface area (Å²) in [5.41, 5.74) is 0. The highest BCUT2D eigenvalue weighted by atomic mass is 32.1. The van der Waals surface area contributed by atoms with Gasteiger partial charge in [-0.3, -0.25) is 0 Å². The van der Waals surface area contributed by atoms with Crippen molar-refractivity contribution in [1.82, 2.24) is 0 Å². The third-order valence-electron chi connectivity index (χ3n) is 1.56. The highest BCUT2D eigenvalue weighted by Gasteiger charge is 2.32. The van der Waals surface area contributed by atoms with Crippen molar-refractivity contribution in [2.24, 2.45) is 0 Å². The molecule has 1 aromatic rings. The van der Waals surface area contributed by atoms with Crippen molar-refractivity contribution in [2.45, 2.75) is 0 Å². The number of benzene rings is 1. The lowest BCUT2D eigenvalue weighted by atomic mass is 10.2. The number of halogens is 5. The van der Waals surface area contributed by atoms with Crippen molar-refractivity contribution < 1.29 is 34.8 Å². The normalized spacial score (nSPS) is 10.5. The molecule has 17 heavy (non-hydrogen) atoms. The molecule has 0 aliphatic heterocycles. The Labute approximate surface area is 103 Å². The van der Waals surface area contributed by atoms with Gasteiger partial charge >= 0.3 is 7.32 Å². The van der Waals surface area contributed by atoms with Crippen LogP contribution in [0.15, 0.2) is 0 Å². The third kappa shape index (κ3) is 2.79. The zero-order chi connectivity index (χ0) is 13.2. The Morgan fingerprint density at radius 3 is 1.41 bits per heavy atom. The quantitative estimate of drug-likeness (QED) is 0.223. The fourth-order valence-corrected chi connectivity index (χ4v) is 1.09. The molecule has 0 heterocycles. The van der Waals surface area contributed by atoms with Gasteiger partial charge in [0.05, 0.1) is 0 Å². The average Bonchev–Trinajstić information content (AvgIpc) is 2.34. The Balaban J connectivity index is 3.24. The summed E-state index contributed by atoms with van der Waals surface area (Å²) in [6, 6.07) is 0. The molecular formula is C6H2BF5O3S2. The van der Waals surface area contributed by atoms with Crippen molar-refractivity contribution in [2.75, 3.05) is 0 Å². The smallest absolute Gasteiger partial charge is 0.506 e. The Kier molecular flexibility index (Phi) is 4.92. The van der Waals surface area contributed by atoms with Crippen LogP contribution in [0, 0.1) is 29.1 Å². The second-order valence-electron chi connectivity index (χ2n) is 2.52. The van der Waals surface area contributed by atoms with E-state index in [1.165, 1.54) is 0 Å². The van der Waals surface area contributed by atoms with Gasteiger partial charge in [0.1, 0.15) is 0 Å². The van der Waals surface area contributed by atoms with Crippen LogP contribution in [0.2, 0.25) is 0 Å². The van der Waals surface area contributed by atoms with E-state index in [9.17, 15) is 22.0 Å². The van der Waals surface area contributed by atoms with Gasteiger partial charge in [-0.15, -0.1) is 0 Å². The second-order valence-corrected chi connectivity index (χ2v) is 2.94. The van der Waals surface area contributed by atoms with E-state index < -0.39 is 42.2 Å². The topological polar surface area (TPSA) is 27.7 Å². The van der Waals surface area contributed by atoms with Crippen LogP contribution in [-0.2, 0) is 8.20 Å². The van der Waals surface area contributed by atoms with E-state index in [1.807, 2.05) is 0 Å². The van der Waals surface area contributed by atoms with Crippen LogP contribution < -0.4 is 4.65 Å². The van der Waals surface area contributed by atoms with Crippen LogP contribution in [0.4, 0.5) is 22.0 Å². The lowest BCUT2D eigenvalue weighted by Gasteiger charge is -2.11. The maximum absolute atomic E-state index is 13.0. The number of thiol groups is 2. The molecule has 94 valence electrons. The molecule has 0 saturated heterocycles. The van der Waals surface area contributed by atoms with Crippen molar-refractivity contribution >= 4 is 33.1 Å². The molecule has 0 saturated carbocycles. The van der Waals surface area contributed by atoms with Gasteiger partial charge in [-0.05, 0) is 25.8 Å². The summed E-state index contributed by atoms with van der Waals surface area (Å²) in [6.07, 6.45) is 0. The molecule has 0 radical (unpaired) electrons. The first-order valence-electron chi connectivity index (χ1n) is 3.72. The van der Waals surface area contributed by atoms with Crippen LogP contribution in [0.5, 0.6) is 5.75 Å². The van der Waals surface area contributed by atoms with E-state index in [4.69, 9.17) is 0 Å². The van der Waals surface area contributed by atoms with Crippen LogP contribution in [-0.4, -0.2) is 7.32 Å². The molecule has 0 aliphatic carbocycles. The Bertz CT molecular complexity index is 402. The van der Waals surface area contributed by atoms with E-state index in [0.717, 1.165) is 0 Å². The molecule has 0 bridgehead atoms. The second kappa shape index (κ2) is 5.80. The van der Waals surface area contributed by atoms with E-state index >= 15 is 0 Å². The summed E-state index contributed by atoms with van der Waals surface area (Å²) in [7, 11) is -1.87. The summed E-state index contributed by atoms with van der Waals surface area (Å²) in [5.74, 6) is -12.5. The highest BCUT2D eigenvalue weighted by molar-refractivity contribution is 7.77. The Morgan fingerprint density at radius 1 is 0.706 bits per heavy atom. The zero-order valence-corrected chi connectivity index (χ0v) is 9.38. The van der Waals surface area contributed by atoms with Crippen LogP contribution in [0.3, 0.4) is 0 Å². The molecule has 1 rings (SSSR count). The molecule has 0 N–H and O–H groups in total. The van der Waals surface area contributed by atoms with Gasteiger partial charge in [0.25, 0.3) is 0 Å². The summed E-state index contributed by atoms with van der Waals surface area (Å²) in [5, 5.41) is 0. The zero-order valence-electron chi connectivity index (χ0n) is 7.59. The van der Waals surface area contributed by atoms with Crippen LogP contribution in [0.1, 0.15) is 0 Å². The molecule has 0 fully saturated rings. The number of hydrogen-bond donors (Lipinski definition) is 2. The van der Waals surface area contributed by atoms with Gasteiger partial charge < -0.3 is 12.9 Å². The lowest BCUT2D eigenvalue weighted by Crippen LogP contribution is -2.25. The van der Waals surface area contributed by atoms with Crippen molar-refractivity contribution in [3.05, 3.63) is 29.1 Å². The first-order chi connectivity index (χ1) is 7.93. The molecule has 0 atom stereocenters. The first kappa shape index (κ1) is 14.4. The van der Waals surface area contributed by atoms with E-state index in [0.29, 0.717) is 0 Å². The maximum Gasteiger partial charge on any atom is 0.736 e. The molecular weight excluding hydrogens is 290 g/mol. The van der Waals surface area contributed by atoms with Crippen LogP contribution >= 0.6 is 25.8 Å². The summed E-state index contributed by atoms with van der Waals surface area (Å²) in [4.78, 5) is 0. The van der Waals surface area contributed by atoms with E-state index in [1.54, 1.807) is 0 Å². The molecule has 0 aromatic heterocycles. The van der Waals surface area contributed by atoms with Crippen molar-refractivity contribution in [1.29, 1.82) is 0 Å². The summed E-state index contributed by atoms with van der Waals surface area (Å²) < 4.78 is 76.3. The Hall–Kier alpha value is -0.645. The van der Waals surface area contributed by atoms with Gasteiger partial charge in [-0.2, -0.15) is 8.78 Å². The molecule has 0 aliphatic rings. The largest absolute Gasteiger partial charge is 0.736 e. The van der Waals surface area contributed by atoms with Gasteiger partial charge in [0, 0.05) is 0 Å². The highest BCUT2D eigenvalue weighted by Crippen LogP contribution is 2.29. The molecule has 0 unspecified atom stereocenters. The SMILES string of the molecule is Fc1c(F)c(F)c(OB(OS)OS)c(F)c1F. The van der Waals surface area contributed by atoms with Gasteiger partial charge in [-0.25, -0.2) is 13.2 Å². The number of rotatable bonds is 4.